The monoisotopic (exact) mass is 428 g/mol. The van der Waals surface area contributed by atoms with E-state index in [2.05, 4.69) is 10.5 Å². The molecule has 3 rings (SSSR count). The van der Waals surface area contributed by atoms with Gasteiger partial charge >= 0.3 is 0 Å². The van der Waals surface area contributed by atoms with Crippen LogP contribution >= 0.6 is 11.6 Å². The zero-order valence-electron chi connectivity index (χ0n) is 16.3. The molecule has 30 heavy (non-hydrogen) atoms. The molecule has 1 amide bonds. The molecule has 0 saturated heterocycles. The van der Waals surface area contributed by atoms with Gasteiger partial charge < -0.3 is 24.0 Å². The second-order valence-corrected chi connectivity index (χ2v) is 6.63. The third-order valence-corrected chi connectivity index (χ3v) is 4.26. The lowest BCUT2D eigenvalue weighted by atomic mass is 10.2. The van der Waals surface area contributed by atoms with Crippen molar-refractivity contribution in [3.05, 3.63) is 82.8 Å². The van der Waals surface area contributed by atoms with Crippen LogP contribution in [0, 0.1) is 0 Å². The average molecular weight is 429 g/mol. The zero-order valence-corrected chi connectivity index (χ0v) is 17.1. The van der Waals surface area contributed by atoms with Crippen molar-refractivity contribution in [1.29, 1.82) is 0 Å². The number of rotatable bonds is 10. The first-order chi connectivity index (χ1) is 14.6. The summed E-state index contributed by atoms with van der Waals surface area (Å²) in [6, 6.07) is 16.3. The molecular formula is C22H21ClN2O5. The van der Waals surface area contributed by atoms with Crippen LogP contribution in [0.2, 0.25) is 5.02 Å². The number of nitrogens with one attached hydrogen (secondary N) is 1. The van der Waals surface area contributed by atoms with E-state index in [1.54, 1.807) is 37.6 Å². The van der Waals surface area contributed by atoms with Crippen LogP contribution in [-0.2, 0) is 22.8 Å². The average Bonchev–Trinajstić information content (AvgIpc) is 3.29. The van der Waals surface area contributed by atoms with Crippen LogP contribution < -0.4 is 14.8 Å². The second kappa shape index (κ2) is 10.9. The Bertz CT molecular complexity index is 972. The standard InChI is InChI=1S/C22H21ClN2O5/c1-27-21-11-17(6-9-20(21)29-14-16-4-7-18(23)8-5-16)12-25-30-15-22(26)24-13-19-3-2-10-28-19/h2-12H,13-15H2,1H3,(H,24,26)/b25-12+. The largest absolute Gasteiger partial charge is 0.493 e. The Morgan fingerprint density at radius 2 is 2.00 bits per heavy atom. The number of nitrogens with zero attached hydrogens (tertiary/aromatic N) is 1. The van der Waals surface area contributed by atoms with Crippen LogP contribution in [0.4, 0.5) is 0 Å². The molecule has 0 spiro atoms. The van der Waals surface area contributed by atoms with Crippen molar-refractivity contribution in [2.45, 2.75) is 13.2 Å². The van der Waals surface area contributed by atoms with Crippen molar-refractivity contribution in [2.24, 2.45) is 5.16 Å². The Morgan fingerprint density at radius 3 is 2.73 bits per heavy atom. The zero-order chi connectivity index (χ0) is 21.2. The van der Waals surface area contributed by atoms with Crippen LogP contribution in [0.25, 0.3) is 0 Å². The van der Waals surface area contributed by atoms with Gasteiger partial charge in [-0.2, -0.15) is 0 Å². The number of benzene rings is 2. The molecule has 7 nitrogen and oxygen atoms in total. The number of hydrogen-bond donors (Lipinski definition) is 1. The lowest BCUT2D eigenvalue weighted by molar-refractivity contribution is -0.125. The van der Waals surface area contributed by atoms with Crippen molar-refractivity contribution >= 4 is 23.7 Å². The van der Waals surface area contributed by atoms with Crippen LogP contribution in [0.15, 0.2) is 70.4 Å². The molecule has 0 aliphatic carbocycles. The Morgan fingerprint density at radius 1 is 1.17 bits per heavy atom. The smallest absolute Gasteiger partial charge is 0.261 e. The molecule has 1 aromatic heterocycles. The van der Waals surface area contributed by atoms with Gasteiger partial charge in [-0.05, 0) is 48.0 Å². The predicted molar refractivity (Wildman–Crippen MR) is 113 cm³/mol. The highest BCUT2D eigenvalue weighted by atomic mass is 35.5. The Labute approximate surface area is 179 Å². The van der Waals surface area contributed by atoms with Crippen LogP contribution in [0.5, 0.6) is 11.5 Å². The summed E-state index contributed by atoms with van der Waals surface area (Å²) in [4.78, 5) is 16.7. The van der Waals surface area contributed by atoms with E-state index in [-0.39, 0.29) is 12.5 Å². The topological polar surface area (TPSA) is 82.3 Å². The highest BCUT2D eigenvalue weighted by Gasteiger charge is 2.06. The Kier molecular flexibility index (Phi) is 7.74. The quantitative estimate of drug-likeness (QED) is 0.387. The first-order valence-electron chi connectivity index (χ1n) is 9.14. The fraction of sp³-hybridized carbons (Fsp3) is 0.182. The van der Waals surface area contributed by atoms with E-state index in [4.69, 9.17) is 30.3 Å². The Balaban J connectivity index is 1.47. The summed E-state index contributed by atoms with van der Waals surface area (Å²) in [6.45, 7) is 0.488. The van der Waals surface area contributed by atoms with E-state index >= 15 is 0 Å². The van der Waals surface area contributed by atoms with Crippen molar-refractivity contribution < 1.29 is 23.5 Å². The second-order valence-electron chi connectivity index (χ2n) is 6.19. The van der Waals surface area contributed by atoms with Crippen LogP contribution in [-0.4, -0.2) is 25.8 Å². The van der Waals surface area contributed by atoms with Gasteiger partial charge in [0.1, 0.15) is 12.4 Å². The number of carbonyl (C=O) groups excluding carboxylic acids is 1. The van der Waals surface area contributed by atoms with Gasteiger partial charge in [0, 0.05) is 10.6 Å². The molecule has 0 fully saturated rings. The summed E-state index contributed by atoms with van der Waals surface area (Å²) < 4.78 is 16.3. The number of oxime groups is 1. The minimum atomic E-state index is -0.299. The molecule has 0 unspecified atom stereocenters. The molecular weight excluding hydrogens is 408 g/mol. The summed E-state index contributed by atoms with van der Waals surface area (Å²) in [5.74, 6) is 1.52. The molecule has 2 aromatic carbocycles. The van der Waals surface area contributed by atoms with Crippen molar-refractivity contribution in [2.75, 3.05) is 13.7 Å². The molecule has 0 aliphatic rings. The molecule has 156 valence electrons. The van der Waals surface area contributed by atoms with Gasteiger partial charge in [0.25, 0.3) is 5.91 Å². The molecule has 8 heteroatoms. The first kappa shape index (κ1) is 21.3. The van der Waals surface area contributed by atoms with E-state index in [0.29, 0.717) is 35.4 Å². The number of halogens is 1. The van der Waals surface area contributed by atoms with Crippen LogP contribution in [0.3, 0.4) is 0 Å². The lowest BCUT2D eigenvalue weighted by Gasteiger charge is -2.11. The van der Waals surface area contributed by atoms with E-state index < -0.39 is 0 Å². The highest BCUT2D eigenvalue weighted by molar-refractivity contribution is 6.30. The summed E-state index contributed by atoms with van der Waals surface area (Å²) >= 11 is 5.89. The van der Waals surface area contributed by atoms with E-state index in [1.807, 2.05) is 30.3 Å². The molecule has 0 aliphatic heterocycles. The number of hydrogen-bond acceptors (Lipinski definition) is 6. The van der Waals surface area contributed by atoms with Gasteiger partial charge in [-0.1, -0.05) is 28.9 Å². The SMILES string of the molecule is COc1cc(/C=N/OCC(=O)NCc2ccco2)ccc1OCc1ccc(Cl)cc1. The minimum Gasteiger partial charge on any atom is -0.493 e. The fourth-order valence-electron chi connectivity index (χ4n) is 2.47. The van der Waals surface area contributed by atoms with Gasteiger partial charge in [0.15, 0.2) is 18.1 Å². The molecule has 0 bridgehead atoms. The van der Waals surface area contributed by atoms with Gasteiger partial charge in [0.2, 0.25) is 0 Å². The molecule has 0 saturated carbocycles. The summed E-state index contributed by atoms with van der Waals surface area (Å²) in [5, 5.41) is 7.16. The summed E-state index contributed by atoms with van der Waals surface area (Å²) in [5.41, 5.74) is 1.73. The number of methoxy groups -OCH3 is 1. The number of carbonyl (C=O) groups is 1. The van der Waals surface area contributed by atoms with Gasteiger partial charge in [-0.25, -0.2) is 0 Å². The molecule has 1 heterocycles. The normalized spacial score (nSPS) is 10.7. The van der Waals surface area contributed by atoms with Crippen LogP contribution in [0.1, 0.15) is 16.9 Å². The van der Waals surface area contributed by atoms with Crippen molar-refractivity contribution in [1.82, 2.24) is 5.32 Å². The van der Waals surface area contributed by atoms with E-state index in [1.165, 1.54) is 6.21 Å². The number of furan rings is 1. The maximum Gasteiger partial charge on any atom is 0.261 e. The molecule has 0 radical (unpaired) electrons. The Hall–Kier alpha value is -3.45. The summed E-state index contributed by atoms with van der Waals surface area (Å²) in [7, 11) is 1.56. The van der Waals surface area contributed by atoms with Crippen molar-refractivity contribution in [3.8, 4) is 11.5 Å². The third-order valence-electron chi connectivity index (χ3n) is 4.01. The minimum absolute atomic E-state index is 0.198. The third kappa shape index (κ3) is 6.56. The lowest BCUT2D eigenvalue weighted by Crippen LogP contribution is -2.26. The molecule has 1 N–H and O–H groups in total. The number of ether oxygens (including phenoxy) is 2. The van der Waals surface area contributed by atoms with Gasteiger partial charge in [-0.3, -0.25) is 4.79 Å². The predicted octanol–water partition coefficient (Wildman–Crippen LogP) is 4.19. The first-order valence-corrected chi connectivity index (χ1v) is 9.51. The summed E-state index contributed by atoms with van der Waals surface area (Å²) in [6.07, 6.45) is 3.04. The maximum absolute atomic E-state index is 11.7. The maximum atomic E-state index is 11.7. The van der Waals surface area contributed by atoms with E-state index in [0.717, 1.165) is 11.1 Å². The van der Waals surface area contributed by atoms with Gasteiger partial charge in [0.05, 0.1) is 26.1 Å². The van der Waals surface area contributed by atoms with Gasteiger partial charge in [-0.15, -0.1) is 0 Å². The highest BCUT2D eigenvalue weighted by Crippen LogP contribution is 2.28. The molecule has 3 aromatic rings. The van der Waals surface area contributed by atoms with Crippen molar-refractivity contribution in [3.63, 3.8) is 0 Å². The molecule has 0 atom stereocenters. The number of amides is 1. The fourth-order valence-corrected chi connectivity index (χ4v) is 2.60. The van der Waals surface area contributed by atoms with E-state index in [9.17, 15) is 4.79 Å².